The number of benzene rings is 3. The van der Waals surface area contributed by atoms with Crippen LogP contribution in [0, 0.1) is 13.8 Å². The average molecular weight is 402 g/mol. The molecular weight excluding hydrogens is 376 g/mol. The molecule has 3 aromatic rings. The summed E-state index contributed by atoms with van der Waals surface area (Å²) in [5.74, 6) is 1.10. The van der Waals surface area contributed by atoms with Gasteiger partial charge in [-0.2, -0.15) is 5.10 Å². The fraction of sp³-hybridized carbons (Fsp3) is 0.200. The molecule has 0 saturated carbocycles. The van der Waals surface area contributed by atoms with Crippen molar-refractivity contribution in [2.24, 2.45) is 5.10 Å². The maximum Gasteiger partial charge on any atom is 0.244 e. The van der Waals surface area contributed by atoms with Crippen LogP contribution in [0.4, 0.5) is 0 Å². The Kier molecular flexibility index (Phi) is 7.22. The summed E-state index contributed by atoms with van der Waals surface area (Å²) in [6, 6.07) is 21.4. The number of carbonyl (C=O) groups excluding carboxylic acids is 1. The van der Waals surface area contributed by atoms with Crippen LogP contribution in [0.25, 0.3) is 0 Å². The Bertz CT molecular complexity index is 1030. The zero-order chi connectivity index (χ0) is 21.3. The van der Waals surface area contributed by atoms with Crippen molar-refractivity contribution < 1.29 is 14.3 Å². The third kappa shape index (κ3) is 5.95. The third-order valence-corrected chi connectivity index (χ3v) is 4.69. The molecule has 0 fully saturated rings. The summed E-state index contributed by atoms with van der Waals surface area (Å²) in [6.07, 6.45) is 1.87. The minimum atomic E-state index is -0.169. The molecular formula is C25H26N2O3. The fourth-order valence-electron chi connectivity index (χ4n) is 2.99. The zero-order valence-corrected chi connectivity index (χ0v) is 17.5. The number of hydrogen-bond donors (Lipinski definition) is 1. The highest BCUT2D eigenvalue weighted by atomic mass is 16.5. The van der Waals surface area contributed by atoms with Crippen LogP contribution in [0.2, 0.25) is 0 Å². The molecule has 3 rings (SSSR count). The molecule has 1 N–H and O–H groups in total. The zero-order valence-electron chi connectivity index (χ0n) is 17.5. The fourth-order valence-corrected chi connectivity index (χ4v) is 2.99. The second-order valence-corrected chi connectivity index (χ2v) is 7.08. The van der Waals surface area contributed by atoms with Crippen LogP contribution in [-0.4, -0.2) is 19.2 Å². The van der Waals surface area contributed by atoms with Gasteiger partial charge in [0.25, 0.3) is 0 Å². The van der Waals surface area contributed by atoms with E-state index in [-0.39, 0.29) is 12.3 Å². The first kappa shape index (κ1) is 21.1. The van der Waals surface area contributed by atoms with Gasteiger partial charge in [-0.1, -0.05) is 54.1 Å². The highest BCUT2D eigenvalue weighted by molar-refractivity contribution is 5.84. The molecule has 0 heterocycles. The van der Waals surface area contributed by atoms with Gasteiger partial charge in [0, 0.05) is 0 Å². The molecule has 0 spiro atoms. The topological polar surface area (TPSA) is 59.9 Å². The van der Waals surface area contributed by atoms with E-state index >= 15 is 0 Å². The number of ether oxygens (including phenoxy) is 2. The van der Waals surface area contributed by atoms with Gasteiger partial charge in [-0.3, -0.25) is 4.79 Å². The lowest BCUT2D eigenvalue weighted by Crippen LogP contribution is -2.19. The summed E-state index contributed by atoms with van der Waals surface area (Å²) < 4.78 is 11.4. The molecule has 0 aliphatic rings. The van der Waals surface area contributed by atoms with Crippen molar-refractivity contribution in [3.05, 3.63) is 94.5 Å². The van der Waals surface area contributed by atoms with Crippen LogP contribution >= 0.6 is 0 Å². The Hall–Kier alpha value is -3.60. The highest BCUT2D eigenvalue weighted by Crippen LogP contribution is 2.28. The van der Waals surface area contributed by atoms with E-state index in [1.807, 2.05) is 48.5 Å². The van der Waals surface area contributed by atoms with Crippen molar-refractivity contribution in [1.82, 2.24) is 5.43 Å². The van der Waals surface area contributed by atoms with Crippen molar-refractivity contribution in [3.63, 3.8) is 0 Å². The SMILES string of the molecule is COc1cc(/C=N\NC(=O)Cc2ccccc2)ccc1OCc1cc(C)ccc1C. The summed E-state index contributed by atoms with van der Waals surface area (Å²) >= 11 is 0. The van der Waals surface area contributed by atoms with Gasteiger partial charge in [0.05, 0.1) is 19.7 Å². The van der Waals surface area contributed by atoms with Crippen LogP contribution in [0.1, 0.15) is 27.8 Å². The van der Waals surface area contributed by atoms with Crippen LogP contribution < -0.4 is 14.9 Å². The maximum absolute atomic E-state index is 12.0. The Morgan fingerprint density at radius 1 is 1.00 bits per heavy atom. The predicted molar refractivity (Wildman–Crippen MR) is 119 cm³/mol. The highest BCUT2D eigenvalue weighted by Gasteiger charge is 2.07. The molecule has 0 unspecified atom stereocenters. The molecule has 1 amide bonds. The first-order chi connectivity index (χ1) is 14.5. The summed E-state index contributed by atoms with van der Waals surface area (Å²) in [6.45, 7) is 4.60. The van der Waals surface area contributed by atoms with Gasteiger partial charge in [0.2, 0.25) is 5.91 Å². The van der Waals surface area contributed by atoms with Crippen LogP contribution in [0.5, 0.6) is 11.5 Å². The molecule has 5 heteroatoms. The molecule has 0 saturated heterocycles. The number of nitrogens with one attached hydrogen (secondary N) is 1. The van der Waals surface area contributed by atoms with Crippen molar-refractivity contribution in [2.75, 3.05) is 7.11 Å². The molecule has 0 aliphatic heterocycles. The van der Waals surface area contributed by atoms with Crippen molar-refractivity contribution in [3.8, 4) is 11.5 Å². The Labute approximate surface area is 177 Å². The number of hydrogen-bond acceptors (Lipinski definition) is 4. The summed E-state index contributed by atoms with van der Waals surface area (Å²) in [5, 5.41) is 4.04. The maximum atomic E-state index is 12.0. The molecule has 154 valence electrons. The van der Waals surface area contributed by atoms with Crippen molar-refractivity contribution in [1.29, 1.82) is 0 Å². The van der Waals surface area contributed by atoms with Gasteiger partial charge in [0.15, 0.2) is 11.5 Å². The number of amides is 1. The molecule has 0 bridgehead atoms. The molecule has 3 aromatic carbocycles. The molecule has 30 heavy (non-hydrogen) atoms. The van der Waals surface area contributed by atoms with E-state index in [1.165, 1.54) is 11.1 Å². The summed E-state index contributed by atoms with van der Waals surface area (Å²) in [5.41, 5.74) is 7.82. The van der Waals surface area contributed by atoms with Crippen LogP contribution in [0.15, 0.2) is 71.8 Å². The second-order valence-electron chi connectivity index (χ2n) is 7.08. The van der Waals surface area contributed by atoms with Gasteiger partial charge < -0.3 is 9.47 Å². The van der Waals surface area contributed by atoms with Crippen LogP contribution in [0.3, 0.4) is 0 Å². The smallest absolute Gasteiger partial charge is 0.244 e. The second kappa shape index (κ2) is 10.3. The minimum Gasteiger partial charge on any atom is -0.493 e. The van der Waals surface area contributed by atoms with E-state index in [0.717, 1.165) is 16.7 Å². The van der Waals surface area contributed by atoms with E-state index in [1.54, 1.807) is 13.3 Å². The van der Waals surface area contributed by atoms with E-state index in [2.05, 4.69) is 42.6 Å². The van der Waals surface area contributed by atoms with Crippen molar-refractivity contribution in [2.45, 2.75) is 26.9 Å². The minimum absolute atomic E-state index is 0.169. The standard InChI is InChI=1S/C25H26N2O3/c1-18-9-10-19(2)22(13-18)17-30-23-12-11-21(14-24(23)29-3)16-26-27-25(28)15-20-7-5-4-6-8-20/h4-14,16H,15,17H2,1-3H3,(H,27,28)/b26-16-. The largest absolute Gasteiger partial charge is 0.493 e. The van der Waals surface area contributed by atoms with Gasteiger partial charge in [-0.25, -0.2) is 5.43 Å². The molecule has 5 nitrogen and oxygen atoms in total. The number of methoxy groups -OCH3 is 1. The van der Waals surface area contributed by atoms with E-state index < -0.39 is 0 Å². The van der Waals surface area contributed by atoms with Gasteiger partial charge in [-0.05, 0) is 54.3 Å². The monoisotopic (exact) mass is 402 g/mol. The lowest BCUT2D eigenvalue weighted by molar-refractivity contribution is -0.120. The number of rotatable bonds is 8. The van der Waals surface area contributed by atoms with Gasteiger partial charge in [-0.15, -0.1) is 0 Å². The van der Waals surface area contributed by atoms with Gasteiger partial charge >= 0.3 is 0 Å². The predicted octanol–water partition coefficient (Wildman–Crippen LogP) is 4.58. The van der Waals surface area contributed by atoms with E-state index in [9.17, 15) is 4.79 Å². The Morgan fingerprint density at radius 2 is 1.80 bits per heavy atom. The Balaban J connectivity index is 1.60. The van der Waals surface area contributed by atoms with Crippen molar-refractivity contribution >= 4 is 12.1 Å². The Morgan fingerprint density at radius 3 is 2.57 bits per heavy atom. The lowest BCUT2D eigenvalue weighted by Gasteiger charge is -2.13. The first-order valence-electron chi connectivity index (χ1n) is 9.78. The van der Waals surface area contributed by atoms with E-state index in [4.69, 9.17) is 9.47 Å². The normalized spacial score (nSPS) is 10.8. The average Bonchev–Trinajstić information content (AvgIpc) is 2.75. The lowest BCUT2D eigenvalue weighted by atomic mass is 10.1. The summed E-state index contributed by atoms with van der Waals surface area (Å²) in [4.78, 5) is 12.0. The number of hydrazone groups is 1. The molecule has 0 radical (unpaired) electrons. The molecule has 0 atom stereocenters. The number of nitrogens with zero attached hydrogens (tertiary/aromatic N) is 1. The summed E-state index contributed by atoms with van der Waals surface area (Å²) in [7, 11) is 1.60. The van der Waals surface area contributed by atoms with E-state index in [0.29, 0.717) is 18.1 Å². The van der Waals surface area contributed by atoms with Gasteiger partial charge in [0.1, 0.15) is 6.61 Å². The number of carbonyl (C=O) groups is 1. The number of aryl methyl sites for hydroxylation is 2. The third-order valence-electron chi connectivity index (χ3n) is 4.69. The first-order valence-corrected chi connectivity index (χ1v) is 9.78. The quantitative estimate of drug-likeness (QED) is 0.443. The van der Waals surface area contributed by atoms with Crippen LogP contribution in [-0.2, 0) is 17.8 Å². The molecule has 0 aromatic heterocycles. The molecule has 0 aliphatic carbocycles.